The Morgan fingerprint density at radius 1 is 0.895 bits per heavy atom. The van der Waals surface area contributed by atoms with Crippen molar-refractivity contribution in [1.29, 1.82) is 0 Å². The molecule has 1 atom stereocenters. The highest BCUT2D eigenvalue weighted by Gasteiger charge is 2.03. The Morgan fingerprint density at radius 2 is 1.53 bits per heavy atom. The molecule has 2 rings (SSSR count). The molecule has 0 fully saturated rings. The van der Waals surface area contributed by atoms with Crippen molar-refractivity contribution in [2.45, 2.75) is 19.4 Å². The SMILES string of the molecule is CC(COc1ccccc1)OCCc1ccccc1. The monoisotopic (exact) mass is 256 g/mol. The van der Waals surface area contributed by atoms with E-state index in [-0.39, 0.29) is 6.10 Å². The van der Waals surface area contributed by atoms with Crippen LogP contribution < -0.4 is 4.74 Å². The van der Waals surface area contributed by atoms with Crippen LogP contribution in [0.3, 0.4) is 0 Å². The summed E-state index contributed by atoms with van der Waals surface area (Å²) >= 11 is 0. The van der Waals surface area contributed by atoms with E-state index in [1.54, 1.807) is 0 Å². The lowest BCUT2D eigenvalue weighted by Crippen LogP contribution is -2.19. The molecule has 0 aromatic heterocycles. The summed E-state index contributed by atoms with van der Waals surface area (Å²) in [5, 5.41) is 0. The van der Waals surface area contributed by atoms with Gasteiger partial charge in [0.05, 0.1) is 12.7 Å². The lowest BCUT2D eigenvalue weighted by molar-refractivity contribution is 0.0341. The van der Waals surface area contributed by atoms with Gasteiger partial charge in [-0.05, 0) is 31.0 Å². The van der Waals surface area contributed by atoms with E-state index in [1.807, 2.05) is 43.3 Å². The summed E-state index contributed by atoms with van der Waals surface area (Å²) in [7, 11) is 0. The summed E-state index contributed by atoms with van der Waals surface area (Å²) in [6, 6.07) is 20.2. The van der Waals surface area contributed by atoms with Crippen LogP contribution in [0.2, 0.25) is 0 Å². The summed E-state index contributed by atoms with van der Waals surface area (Å²) < 4.78 is 11.4. The summed E-state index contributed by atoms with van der Waals surface area (Å²) in [4.78, 5) is 0. The highest BCUT2D eigenvalue weighted by atomic mass is 16.5. The van der Waals surface area contributed by atoms with E-state index >= 15 is 0 Å². The van der Waals surface area contributed by atoms with E-state index in [9.17, 15) is 0 Å². The molecule has 0 aliphatic rings. The van der Waals surface area contributed by atoms with Crippen LogP contribution in [0.1, 0.15) is 12.5 Å². The average molecular weight is 256 g/mol. The van der Waals surface area contributed by atoms with Crippen molar-refractivity contribution in [1.82, 2.24) is 0 Å². The molecule has 0 saturated heterocycles. The van der Waals surface area contributed by atoms with Crippen LogP contribution in [0.15, 0.2) is 60.7 Å². The number of benzene rings is 2. The minimum Gasteiger partial charge on any atom is -0.491 e. The summed E-state index contributed by atoms with van der Waals surface area (Å²) in [6.45, 7) is 3.34. The van der Waals surface area contributed by atoms with Crippen molar-refractivity contribution < 1.29 is 9.47 Å². The van der Waals surface area contributed by atoms with Crippen LogP contribution in [-0.2, 0) is 11.2 Å². The second-order valence-corrected chi connectivity index (χ2v) is 4.54. The van der Waals surface area contributed by atoms with Gasteiger partial charge in [-0.25, -0.2) is 0 Å². The molecule has 2 aromatic rings. The maximum atomic E-state index is 5.74. The lowest BCUT2D eigenvalue weighted by atomic mass is 10.2. The quantitative estimate of drug-likeness (QED) is 0.751. The summed E-state index contributed by atoms with van der Waals surface area (Å²) in [5.74, 6) is 0.890. The minimum absolute atomic E-state index is 0.101. The van der Waals surface area contributed by atoms with Crippen LogP contribution in [0, 0.1) is 0 Å². The van der Waals surface area contributed by atoms with E-state index in [2.05, 4.69) is 24.3 Å². The second kappa shape index (κ2) is 7.59. The van der Waals surface area contributed by atoms with E-state index < -0.39 is 0 Å². The van der Waals surface area contributed by atoms with Crippen LogP contribution in [0.4, 0.5) is 0 Å². The molecule has 0 amide bonds. The van der Waals surface area contributed by atoms with Crippen molar-refractivity contribution in [3.05, 3.63) is 66.2 Å². The maximum Gasteiger partial charge on any atom is 0.119 e. The van der Waals surface area contributed by atoms with E-state index in [0.717, 1.165) is 18.8 Å². The molecule has 0 heterocycles. The molecule has 0 N–H and O–H groups in total. The van der Waals surface area contributed by atoms with Gasteiger partial charge in [-0.2, -0.15) is 0 Å². The molecule has 2 heteroatoms. The van der Waals surface area contributed by atoms with Crippen molar-refractivity contribution in [3.8, 4) is 5.75 Å². The van der Waals surface area contributed by atoms with Crippen LogP contribution in [0.5, 0.6) is 5.75 Å². The van der Waals surface area contributed by atoms with Crippen LogP contribution >= 0.6 is 0 Å². The van der Waals surface area contributed by atoms with Gasteiger partial charge in [-0.3, -0.25) is 0 Å². The van der Waals surface area contributed by atoms with E-state index in [0.29, 0.717) is 6.61 Å². The molecular formula is C17H20O2. The van der Waals surface area contributed by atoms with Gasteiger partial charge in [0.1, 0.15) is 12.4 Å². The highest BCUT2D eigenvalue weighted by molar-refractivity contribution is 5.20. The highest BCUT2D eigenvalue weighted by Crippen LogP contribution is 2.09. The van der Waals surface area contributed by atoms with Gasteiger partial charge in [0.2, 0.25) is 0 Å². The van der Waals surface area contributed by atoms with Crippen molar-refractivity contribution in [3.63, 3.8) is 0 Å². The van der Waals surface area contributed by atoms with Crippen LogP contribution in [-0.4, -0.2) is 19.3 Å². The molecule has 2 nitrogen and oxygen atoms in total. The number of hydrogen-bond donors (Lipinski definition) is 0. The molecule has 1 unspecified atom stereocenters. The van der Waals surface area contributed by atoms with Gasteiger partial charge in [-0.15, -0.1) is 0 Å². The van der Waals surface area contributed by atoms with Crippen LogP contribution in [0.25, 0.3) is 0 Å². The van der Waals surface area contributed by atoms with E-state index in [1.165, 1.54) is 5.56 Å². The molecule has 2 aromatic carbocycles. The van der Waals surface area contributed by atoms with Gasteiger partial charge in [0.25, 0.3) is 0 Å². The largest absolute Gasteiger partial charge is 0.491 e. The molecule has 0 saturated carbocycles. The third-order valence-electron chi connectivity index (χ3n) is 2.86. The Hall–Kier alpha value is -1.80. The Bertz CT molecular complexity index is 453. The predicted octanol–water partition coefficient (Wildman–Crippen LogP) is 3.71. The topological polar surface area (TPSA) is 18.5 Å². The zero-order valence-electron chi connectivity index (χ0n) is 11.3. The third kappa shape index (κ3) is 5.14. The normalized spacial score (nSPS) is 12.1. The molecule has 0 bridgehead atoms. The maximum absolute atomic E-state index is 5.74. The summed E-state index contributed by atoms with van der Waals surface area (Å²) in [6.07, 6.45) is 1.04. The molecule has 0 spiro atoms. The van der Waals surface area contributed by atoms with Crippen molar-refractivity contribution in [2.75, 3.05) is 13.2 Å². The predicted molar refractivity (Wildman–Crippen MR) is 77.5 cm³/mol. The first-order chi connectivity index (χ1) is 9.34. The van der Waals surface area contributed by atoms with Gasteiger partial charge < -0.3 is 9.47 Å². The standard InChI is InChI=1S/C17H20O2/c1-15(14-19-17-10-6-3-7-11-17)18-13-12-16-8-4-2-5-9-16/h2-11,15H,12-14H2,1H3. The Kier molecular flexibility index (Phi) is 5.45. The number of rotatable bonds is 7. The van der Waals surface area contributed by atoms with Gasteiger partial charge in [-0.1, -0.05) is 48.5 Å². The molecule has 0 aliphatic carbocycles. The first-order valence-corrected chi connectivity index (χ1v) is 6.68. The van der Waals surface area contributed by atoms with E-state index in [4.69, 9.17) is 9.47 Å². The smallest absolute Gasteiger partial charge is 0.119 e. The number of hydrogen-bond acceptors (Lipinski definition) is 2. The average Bonchev–Trinajstić information content (AvgIpc) is 2.47. The fraction of sp³-hybridized carbons (Fsp3) is 0.294. The fourth-order valence-corrected chi connectivity index (χ4v) is 1.80. The van der Waals surface area contributed by atoms with Gasteiger partial charge in [0, 0.05) is 0 Å². The molecule has 100 valence electrons. The van der Waals surface area contributed by atoms with Crippen molar-refractivity contribution in [2.24, 2.45) is 0 Å². The molecule has 0 aliphatic heterocycles. The summed E-state index contributed by atoms with van der Waals surface area (Å²) in [5.41, 5.74) is 1.30. The number of ether oxygens (including phenoxy) is 2. The third-order valence-corrected chi connectivity index (χ3v) is 2.86. The fourth-order valence-electron chi connectivity index (χ4n) is 1.80. The van der Waals surface area contributed by atoms with Gasteiger partial charge >= 0.3 is 0 Å². The Balaban J connectivity index is 1.64. The van der Waals surface area contributed by atoms with Crippen molar-refractivity contribution >= 4 is 0 Å². The Labute approximate surface area is 115 Å². The number of para-hydroxylation sites is 1. The molecule has 19 heavy (non-hydrogen) atoms. The molecule has 0 radical (unpaired) electrons. The first-order valence-electron chi connectivity index (χ1n) is 6.68. The van der Waals surface area contributed by atoms with Gasteiger partial charge in [0.15, 0.2) is 0 Å². The lowest BCUT2D eigenvalue weighted by Gasteiger charge is -2.14. The first kappa shape index (κ1) is 13.6. The molecular weight excluding hydrogens is 236 g/mol. The Morgan fingerprint density at radius 3 is 2.21 bits per heavy atom. The second-order valence-electron chi connectivity index (χ2n) is 4.54. The zero-order chi connectivity index (χ0) is 13.3. The zero-order valence-corrected chi connectivity index (χ0v) is 11.3. The minimum atomic E-state index is 0.101.